The Morgan fingerprint density at radius 1 is 0.532 bits per heavy atom. The van der Waals surface area contributed by atoms with E-state index in [2.05, 4.69) is 60.7 Å². The Kier molecular flexibility index (Phi) is 13.5. The number of amides is 4. The van der Waals surface area contributed by atoms with E-state index in [1.807, 2.05) is 0 Å². The molecule has 2 fully saturated rings. The topological polar surface area (TPSA) is 155 Å². The van der Waals surface area contributed by atoms with E-state index in [4.69, 9.17) is 0 Å². The summed E-state index contributed by atoms with van der Waals surface area (Å²) in [6.07, 6.45) is 10.3. The third-order valence-corrected chi connectivity index (χ3v) is 12.4. The molecule has 0 bridgehead atoms. The molecule has 0 N–H and O–H groups in total. The van der Waals surface area contributed by atoms with E-state index in [1.165, 1.54) is 41.3 Å². The molecule has 2 aromatic rings. The van der Waals surface area contributed by atoms with E-state index in [0.717, 1.165) is 25.7 Å². The summed E-state index contributed by atoms with van der Waals surface area (Å²) in [5, 5.41) is 21.3. The number of benzene rings is 2. The fraction of sp³-hybridized carbons (Fsp3) is 0.389. The molecule has 0 atom stereocenters. The number of carboxylic acid groups (broad SMARTS) is 2. The minimum absolute atomic E-state index is 0.221. The van der Waals surface area contributed by atoms with E-state index in [-0.39, 0.29) is 47.3 Å². The van der Waals surface area contributed by atoms with Crippen molar-refractivity contribution in [1.82, 2.24) is 9.80 Å². The Morgan fingerprint density at radius 2 is 0.830 bits per heavy atom. The Bertz CT molecular complexity index is 1330. The molecule has 2 aromatic carbocycles. The Labute approximate surface area is 284 Å². The van der Waals surface area contributed by atoms with Gasteiger partial charge in [0.1, 0.15) is 0 Å². The number of rotatable bonds is 8. The van der Waals surface area contributed by atoms with Crippen LogP contribution < -0.4 is 17.4 Å². The second-order valence-corrected chi connectivity index (χ2v) is 16.2. The third-order valence-electron chi connectivity index (χ3n) is 8.88. The Morgan fingerprint density at radius 3 is 1.11 bits per heavy atom. The maximum atomic E-state index is 11.3. The van der Waals surface area contributed by atoms with Crippen molar-refractivity contribution in [3.8, 4) is 0 Å². The fourth-order valence-corrected chi connectivity index (χ4v) is 9.11. The molecule has 10 nitrogen and oxygen atoms in total. The van der Waals surface area contributed by atoms with Gasteiger partial charge in [0.05, 0.1) is 0 Å². The molecule has 11 heteroatoms. The second-order valence-electron chi connectivity index (χ2n) is 12.2. The van der Waals surface area contributed by atoms with Crippen LogP contribution in [0.5, 0.6) is 0 Å². The molecule has 0 aromatic heterocycles. The van der Waals surface area contributed by atoms with Gasteiger partial charge in [0.15, 0.2) is 0 Å². The number of nitrogens with zero attached hydrogens (tertiary/aromatic N) is 2. The molecule has 6 rings (SSSR count). The molecule has 2 aliphatic heterocycles. The predicted molar refractivity (Wildman–Crippen MR) is 171 cm³/mol. The zero-order valence-corrected chi connectivity index (χ0v) is 29.0. The summed E-state index contributed by atoms with van der Waals surface area (Å²) in [5.41, 5.74) is 0. The zero-order chi connectivity index (χ0) is 33.8. The van der Waals surface area contributed by atoms with Gasteiger partial charge in [0, 0.05) is 49.3 Å². The van der Waals surface area contributed by atoms with Gasteiger partial charge in [-0.15, -0.1) is 0 Å². The number of hydrogen-bond acceptors (Lipinski definition) is 8. The second kappa shape index (κ2) is 17.7. The molecule has 0 unspecified atom stereocenters. The SMILES string of the molecule is O=C([O-])C1CCC(CN2C(=O)C=CC2=O)CC1.O=C([O-])C1CCC(CN2C(=O)C=CC2=O)CC1.c1cc[c]([Sn+2][c]2ccccc2)cc1. The zero-order valence-electron chi connectivity index (χ0n) is 26.1. The van der Waals surface area contributed by atoms with Crippen molar-refractivity contribution in [2.75, 3.05) is 13.1 Å². The van der Waals surface area contributed by atoms with Crippen LogP contribution in [-0.2, 0) is 28.8 Å². The third kappa shape index (κ3) is 11.0. The number of hydrogen-bond donors (Lipinski definition) is 0. The van der Waals surface area contributed by atoms with Crippen LogP contribution in [0.4, 0.5) is 0 Å². The van der Waals surface area contributed by atoms with Crippen molar-refractivity contribution >= 4 is 63.9 Å². The molecule has 4 amide bonds. The number of aliphatic carboxylic acids is 2. The average Bonchev–Trinajstić information content (AvgIpc) is 3.57. The Hall–Kier alpha value is -4.06. The molecule has 4 aliphatic rings. The van der Waals surface area contributed by atoms with Crippen molar-refractivity contribution < 1.29 is 39.0 Å². The van der Waals surface area contributed by atoms with Crippen LogP contribution in [0.2, 0.25) is 0 Å². The first-order valence-corrected chi connectivity index (χ1v) is 18.8. The Balaban J connectivity index is 0.000000161. The summed E-state index contributed by atoms with van der Waals surface area (Å²) < 4.78 is 3.08. The number of carbonyl (C=O) groups is 6. The van der Waals surface area contributed by atoms with Gasteiger partial charge in [-0.1, -0.05) is 0 Å². The first-order chi connectivity index (χ1) is 22.6. The summed E-state index contributed by atoms with van der Waals surface area (Å²) in [6, 6.07) is 21.6. The molecule has 2 saturated carbocycles. The van der Waals surface area contributed by atoms with Crippen LogP contribution in [0.1, 0.15) is 51.4 Å². The van der Waals surface area contributed by atoms with Crippen LogP contribution >= 0.6 is 0 Å². The van der Waals surface area contributed by atoms with Crippen molar-refractivity contribution in [2.24, 2.45) is 23.7 Å². The molecular formula is C36H38N2O8Sn. The van der Waals surface area contributed by atoms with Crippen LogP contribution in [0, 0.1) is 23.7 Å². The molecule has 2 aliphatic carbocycles. The average molecular weight is 745 g/mol. The van der Waals surface area contributed by atoms with Crippen molar-refractivity contribution in [2.45, 2.75) is 51.4 Å². The van der Waals surface area contributed by atoms with Crippen LogP contribution in [0.15, 0.2) is 85.0 Å². The quantitative estimate of drug-likeness (QED) is 0.276. The molecule has 0 radical (unpaired) electrons. The van der Waals surface area contributed by atoms with E-state index in [0.29, 0.717) is 38.8 Å². The molecule has 0 saturated heterocycles. The van der Waals surface area contributed by atoms with Crippen LogP contribution in [0.3, 0.4) is 0 Å². The van der Waals surface area contributed by atoms with Gasteiger partial charge in [-0.25, -0.2) is 0 Å². The summed E-state index contributed by atoms with van der Waals surface area (Å²) in [4.78, 5) is 69.2. The van der Waals surface area contributed by atoms with Gasteiger partial charge in [-0.2, -0.15) is 0 Å². The van der Waals surface area contributed by atoms with Gasteiger partial charge >= 0.3 is 89.0 Å². The first-order valence-electron chi connectivity index (χ1n) is 16.0. The van der Waals surface area contributed by atoms with Gasteiger partial charge in [0.2, 0.25) is 0 Å². The monoisotopic (exact) mass is 746 g/mol. The summed E-state index contributed by atoms with van der Waals surface area (Å²) in [6.45, 7) is 0.814. The summed E-state index contributed by atoms with van der Waals surface area (Å²) in [7, 11) is 0. The normalized spacial score (nSPS) is 23.4. The molecule has 47 heavy (non-hydrogen) atoms. The summed E-state index contributed by atoms with van der Waals surface area (Å²) in [5.74, 6) is -3.33. The van der Waals surface area contributed by atoms with Crippen molar-refractivity contribution in [3.05, 3.63) is 85.0 Å². The van der Waals surface area contributed by atoms with E-state index < -0.39 is 33.1 Å². The first kappa shape index (κ1) is 35.8. The van der Waals surface area contributed by atoms with E-state index in [1.54, 1.807) is 0 Å². The predicted octanol–water partition coefficient (Wildman–Crippen LogP) is 0.277. The molecule has 2 heterocycles. The molecular weight excluding hydrogens is 707 g/mol. The maximum absolute atomic E-state index is 11.3. The van der Waals surface area contributed by atoms with Crippen molar-refractivity contribution in [3.63, 3.8) is 0 Å². The molecule has 244 valence electrons. The van der Waals surface area contributed by atoms with E-state index >= 15 is 0 Å². The standard InChI is InChI=1S/2C12H15NO4.2C6H5.Sn/c2*14-10-5-6-11(15)13(10)7-8-1-3-9(4-2-8)12(16)17;2*1-2-4-6-5-3-1;/h2*5-6,8-9H,1-4,7H2,(H,16,17);2*1-5H;/q;;;;+2/p-2. The minimum atomic E-state index is -0.988. The van der Waals surface area contributed by atoms with Gasteiger partial charge in [-0.3, -0.25) is 29.0 Å². The van der Waals surface area contributed by atoms with Crippen LogP contribution in [0.25, 0.3) is 0 Å². The van der Waals surface area contributed by atoms with Crippen molar-refractivity contribution in [1.29, 1.82) is 0 Å². The number of imide groups is 2. The fourth-order valence-electron chi connectivity index (χ4n) is 6.11. The number of carboxylic acids is 2. The number of carbonyl (C=O) groups excluding carboxylic acids is 6. The van der Waals surface area contributed by atoms with E-state index in [9.17, 15) is 39.0 Å². The molecule has 0 spiro atoms. The summed E-state index contributed by atoms with van der Waals surface area (Å²) >= 11 is -0.517. The van der Waals surface area contributed by atoms with Crippen LogP contribution in [-0.4, -0.2) is 79.6 Å². The van der Waals surface area contributed by atoms with Gasteiger partial charge in [-0.05, 0) is 75.0 Å². The van der Waals surface area contributed by atoms with Gasteiger partial charge in [0.25, 0.3) is 23.6 Å². The van der Waals surface area contributed by atoms with Gasteiger partial charge < -0.3 is 19.8 Å².